The summed E-state index contributed by atoms with van der Waals surface area (Å²) < 4.78 is 1.53. The number of rotatable bonds is 2. The van der Waals surface area contributed by atoms with Crippen LogP contribution in [-0.2, 0) is 6.54 Å². The van der Waals surface area contributed by atoms with Gasteiger partial charge >= 0.3 is 0 Å². The van der Waals surface area contributed by atoms with Crippen molar-refractivity contribution >= 4 is 34.0 Å². The van der Waals surface area contributed by atoms with E-state index in [0.29, 0.717) is 11.6 Å². The predicted octanol–water partition coefficient (Wildman–Crippen LogP) is 4.36. The minimum Gasteiger partial charge on any atom is -0.308 e. The highest BCUT2D eigenvalue weighted by molar-refractivity contribution is 6.34. The van der Waals surface area contributed by atoms with Crippen molar-refractivity contribution < 1.29 is 0 Å². The van der Waals surface area contributed by atoms with Crippen molar-refractivity contribution in [2.24, 2.45) is 0 Å². The lowest BCUT2D eigenvalue weighted by Gasteiger charge is -2.10. The maximum atomic E-state index is 12.0. The average molecular weight is 304 g/mol. The van der Waals surface area contributed by atoms with Crippen molar-refractivity contribution in [2.45, 2.75) is 6.54 Å². The van der Waals surface area contributed by atoms with E-state index in [0.717, 1.165) is 16.3 Å². The van der Waals surface area contributed by atoms with Crippen molar-refractivity contribution in [3.63, 3.8) is 0 Å². The Hall–Kier alpha value is -1.77. The van der Waals surface area contributed by atoms with E-state index in [-0.39, 0.29) is 10.6 Å². The third-order valence-corrected chi connectivity index (χ3v) is 3.71. The van der Waals surface area contributed by atoms with Gasteiger partial charge in [0, 0.05) is 6.20 Å². The Bertz CT molecular complexity index is 834. The first-order valence-electron chi connectivity index (χ1n) is 6.17. The van der Waals surface area contributed by atoms with Gasteiger partial charge in [-0.2, -0.15) is 0 Å². The fourth-order valence-electron chi connectivity index (χ4n) is 2.30. The number of nitrogens with zero attached hydrogens (tertiary/aromatic N) is 1. The molecule has 0 unspecified atom stereocenters. The van der Waals surface area contributed by atoms with Gasteiger partial charge in [-0.25, -0.2) is 0 Å². The number of hydrogen-bond donors (Lipinski definition) is 0. The molecular formula is C16H11Cl2NO. The lowest BCUT2D eigenvalue weighted by Crippen LogP contribution is -2.20. The highest BCUT2D eigenvalue weighted by Gasteiger charge is 2.06. The molecular weight excluding hydrogens is 293 g/mol. The first-order valence-corrected chi connectivity index (χ1v) is 6.93. The van der Waals surface area contributed by atoms with Crippen LogP contribution < -0.4 is 5.56 Å². The van der Waals surface area contributed by atoms with Gasteiger partial charge in [-0.3, -0.25) is 4.79 Å². The summed E-state index contributed by atoms with van der Waals surface area (Å²) in [5.41, 5.74) is 0.826. The van der Waals surface area contributed by atoms with Crippen LogP contribution in [0.15, 0.2) is 59.5 Å². The average Bonchev–Trinajstić information content (AvgIpc) is 2.44. The highest BCUT2D eigenvalue weighted by Crippen LogP contribution is 2.20. The Morgan fingerprint density at radius 2 is 1.75 bits per heavy atom. The molecule has 0 radical (unpaired) electrons. The van der Waals surface area contributed by atoms with E-state index in [1.165, 1.54) is 10.6 Å². The summed E-state index contributed by atoms with van der Waals surface area (Å²) in [5.74, 6) is 0. The molecule has 2 nitrogen and oxygen atoms in total. The van der Waals surface area contributed by atoms with Crippen LogP contribution >= 0.6 is 23.2 Å². The first-order chi connectivity index (χ1) is 9.65. The molecule has 1 heterocycles. The van der Waals surface area contributed by atoms with Crippen LogP contribution in [0.1, 0.15) is 5.56 Å². The Morgan fingerprint density at radius 1 is 1.00 bits per heavy atom. The van der Waals surface area contributed by atoms with E-state index in [4.69, 9.17) is 23.2 Å². The molecule has 0 aliphatic rings. The summed E-state index contributed by atoms with van der Waals surface area (Å²) in [5, 5.41) is 2.86. The highest BCUT2D eigenvalue weighted by atomic mass is 35.5. The van der Waals surface area contributed by atoms with Crippen LogP contribution in [-0.4, -0.2) is 4.57 Å². The number of fused-ring (bicyclic) bond motifs is 1. The standard InChI is InChI=1S/C16H11Cl2NO/c17-13-8-15(18)16(20)19(10-13)9-12-6-3-5-11-4-1-2-7-14(11)12/h1-8,10H,9H2. The normalized spacial score (nSPS) is 10.9. The molecule has 0 atom stereocenters. The third-order valence-electron chi connectivity index (χ3n) is 3.23. The van der Waals surface area contributed by atoms with Gasteiger partial charge < -0.3 is 4.57 Å². The summed E-state index contributed by atoms with van der Waals surface area (Å²) in [6, 6.07) is 15.6. The van der Waals surface area contributed by atoms with Crippen LogP contribution in [0.5, 0.6) is 0 Å². The topological polar surface area (TPSA) is 22.0 Å². The Morgan fingerprint density at radius 3 is 2.60 bits per heavy atom. The molecule has 3 rings (SSSR count). The van der Waals surface area contributed by atoms with E-state index in [1.54, 1.807) is 6.20 Å². The Kier molecular flexibility index (Phi) is 3.51. The molecule has 2 aromatic carbocycles. The molecule has 100 valence electrons. The molecule has 0 saturated carbocycles. The Balaban J connectivity index is 2.13. The van der Waals surface area contributed by atoms with Gasteiger partial charge in [-0.1, -0.05) is 65.7 Å². The quantitative estimate of drug-likeness (QED) is 0.689. The van der Waals surface area contributed by atoms with Gasteiger partial charge in [-0.15, -0.1) is 0 Å². The monoisotopic (exact) mass is 303 g/mol. The fourth-order valence-corrected chi connectivity index (χ4v) is 2.80. The molecule has 0 fully saturated rings. The van der Waals surface area contributed by atoms with Crippen LogP contribution in [0, 0.1) is 0 Å². The molecule has 0 saturated heterocycles. The minimum absolute atomic E-state index is 0.137. The lowest BCUT2D eigenvalue weighted by molar-refractivity contribution is 0.764. The zero-order valence-corrected chi connectivity index (χ0v) is 12.0. The summed E-state index contributed by atoms with van der Waals surface area (Å²) in [6.45, 7) is 0.445. The molecule has 0 N–H and O–H groups in total. The third kappa shape index (κ3) is 2.45. The van der Waals surface area contributed by atoms with E-state index >= 15 is 0 Å². The number of hydrogen-bond acceptors (Lipinski definition) is 1. The largest absolute Gasteiger partial charge is 0.308 e. The van der Waals surface area contributed by atoms with Gasteiger partial charge in [0.25, 0.3) is 5.56 Å². The van der Waals surface area contributed by atoms with Crippen molar-refractivity contribution in [3.8, 4) is 0 Å². The van der Waals surface area contributed by atoms with Gasteiger partial charge in [0.15, 0.2) is 0 Å². The second-order valence-electron chi connectivity index (χ2n) is 4.58. The molecule has 0 aliphatic heterocycles. The van der Waals surface area contributed by atoms with E-state index in [1.807, 2.05) is 42.5 Å². The second kappa shape index (κ2) is 5.31. The zero-order chi connectivity index (χ0) is 14.1. The van der Waals surface area contributed by atoms with Gasteiger partial charge in [-0.05, 0) is 22.4 Å². The molecule has 3 aromatic rings. The maximum absolute atomic E-state index is 12.0. The van der Waals surface area contributed by atoms with Crippen molar-refractivity contribution in [2.75, 3.05) is 0 Å². The number of pyridine rings is 1. The summed E-state index contributed by atoms with van der Waals surface area (Å²) in [4.78, 5) is 12.0. The number of halogens is 2. The summed E-state index contributed by atoms with van der Waals surface area (Å²) in [6.07, 6.45) is 1.61. The maximum Gasteiger partial charge on any atom is 0.269 e. The van der Waals surface area contributed by atoms with E-state index < -0.39 is 0 Å². The van der Waals surface area contributed by atoms with Gasteiger partial charge in [0.05, 0.1) is 11.6 Å². The van der Waals surface area contributed by atoms with Crippen molar-refractivity contribution in [1.82, 2.24) is 4.57 Å². The Labute approximate surface area is 126 Å². The number of benzene rings is 2. The minimum atomic E-state index is -0.232. The molecule has 0 bridgehead atoms. The second-order valence-corrected chi connectivity index (χ2v) is 5.42. The summed E-state index contributed by atoms with van der Waals surface area (Å²) in [7, 11) is 0. The molecule has 0 spiro atoms. The van der Waals surface area contributed by atoms with Crippen molar-refractivity contribution in [1.29, 1.82) is 0 Å². The van der Waals surface area contributed by atoms with Crippen LogP contribution in [0.25, 0.3) is 10.8 Å². The van der Waals surface area contributed by atoms with E-state index in [9.17, 15) is 4.79 Å². The van der Waals surface area contributed by atoms with E-state index in [2.05, 4.69) is 0 Å². The first kappa shape index (κ1) is 13.2. The predicted molar refractivity (Wildman–Crippen MR) is 83.8 cm³/mol. The van der Waals surface area contributed by atoms with Gasteiger partial charge in [0.1, 0.15) is 5.02 Å². The molecule has 20 heavy (non-hydrogen) atoms. The van der Waals surface area contributed by atoms with Crippen LogP contribution in [0.3, 0.4) is 0 Å². The number of aromatic nitrogens is 1. The van der Waals surface area contributed by atoms with Gasteiger partial charge in [0.2, 0.25) is 0 Å². The zero-order valence-electron chi connectivity index (χ0n) is 10.5. The van der Waals surface area contributed by atoms with Crippen LogP contribution in [0.2, 0.25) is 10.0 Å². The SMILES string of the molecule is O=c1c(Cl)cc(Cl)cn1Cc1cccc2ccccc12. The smallest absolute Gasteiger partial charge is 0.269 e. The molecule has 1 aromatic heterocycles. The van der Waals surface area contributed by atoms with Crippen molar-refractivity contribution in [3.05, 3.63) is 80.7 Å². The lowest BCUT2D eigenvalue weighted by atomic mass is 10.0. The molecule has 0 aliphatic carbocycles. The fraction of sp³-hybridized carbons (Fsp3) is 0.0625. The van der Waals surface area contributed by atoms with Crippen LogP contribution in [0.4, 0.5) is 0 Å². The molecule has 0 amide bonds. The summed E-state index contributed by atoms with van der Waals surface area (Å²) >= 11 is 11.8. The molecule has 4 heteroatoms.